The normalized spacial score (nSPS) is 16.4. The Balaban J connectivity index is 1.10. The second-order valence-corrected chi connectivity index (χ2v) is 22.9. The highest BCUT2D eigenvalue weighted by Gasteiger charge is 2.53. The van der Waals surface area contributed by atoms with Gasteiger partial charge in [-0.3, -0.25) is 0 Å². The number of nitrogens with zero attached hydrogens (tertiary/aromatic N) is 1. The van der Waals surface area contributed by atoms with Crippen molar-refractivity contribution in [2.45, 2.75) is 83.5 Å². The summed E-state index contributed by atoms with van der Waals surface area (Å²) in [7, 11) is 0. The third-order valence-electron chi connectivity index (χ3n) is 16.3. The van der Waals surface area contributed by atoms with Crippen molar-refractivity contribution in [2.75, 3.05) is 4.90 Å². The van der Waals surface area contributed by atoms with Crippen LogP contribution in [0.1, 0.15) is 106 Å². The van der Waals surface area contributed by atoms with Crippen molar-refractivity contribution in [1.82, 2.24) is 0 Å². The van der Waals surface area contributed by atoms with Crippen molar-refractivity contribution >= 4 is 27.7 Å². The Morgan fingerprint density at radius 1 is 0.437 bits per heavy atom. The van der Waals surface area contributed by atoms with Crippen LogP contribution in [0.25, 0.3) is 49.7 Å². The molecule has 0 spiro atoms. The fraction of sp³-hybridized carbons (Fsp3) is 0.200. The minimum atomic E-state index is -0.407. The first-order valence-corrected chi connectivity index (χ1v) is 25.7. The molecule has 1 nitrogen and oxygen atoms in total. The molecule has 0 aliphatic heterocycles. The summed E-state index contributed by atoms with van der Waals surface area (Å²) in [6, 6.07) is 78.5. The van der Waals surface area contributed by atoms with Crippen molar-refractivity contribution in [3.63, 3.8) is 0 Å². The Bertz CT molecular complexity index is 3530. The number of fused-ring (bicyclic) bond motifs is 7. The standard InChI is InChI=1S/C70H63N/c1-67(2,3)50-41-47(42-51(43-50)68(4,5)6)54-32-21-23-46-24-22-33-60(66(46)54)59-31-17-20-36-65(59)71(52-37-39-57-55-29-15-18-34-61(55)69(7,8)63(57)44-52)53-38-40-58-56-30-16-19-35-62(56)70(64(58)45-53,48-25-11-9-12-26-48)49-27-13-10-14-28-49/h9-44,64H,45H2,1-8H3. The molecule has 0 N–H and O–H groups in total. The zero-order valence-corrected chi connectivity index (χ0v) is 42.5. The van der Waals surface area contributed by atoms with E-state index >= 15 is 0 Å². The Morgan fingerprint density at radius 3 is 1.62 bits per heavy atom. The van der Waals surface area contributed by atoms with Crippen LogP contribution in [0.5, 0.6) is 0 Å². The fourth-order valence-corrected chi connectivity index (χ4v) is 12.7. The van der Waals surface area contributed by atoms with E-state index in [1.807, 2.05) is 0 Å². The van der Waals surface area contributed by atoms with Gasteiger partial charge in [-0.2, -0.15) is 0 Å². The average molecular weight is 918 g/mol. The predicted molar refractivity (Wildman–Crippen MR) is 302 cm³/mol. The lowest BCUT2D eigenvalue weighted by atomic mass is 9.62. The van der Waals surface area contributed by atoms with Gasteiger partial charge in [0.2, 0.25) is 0 Å². The maximum Gasteiger partial charge on any atom is 0.0537 e. The van der Waals surface area contributed by atoms with Gasteiger partial charge in [0.15, 0.2) is 0 Å². The van der Waals surface area contributed by atoms with Gasteiger partial charge >= 0.3 is 0 Å². The maximum absolute atomic E-state index is 2.63. The van der Waals surface area contributed by atoms with Gasteiger partial charge in [0.25, 0.3) is 0 Å². The van der Waals surface area contributed by atoms with Crippen LogP contribution in [0.4, 0.5) is 11.4 Å². The third-order valence-corrected chi connectivity index (χ3v) is 16.3. The molecule has 12 rings (SSSR count). The zero-order valence-electron chi connectivity index (χ0n) is 42.5. The first-order valence-electron chi connectivity index (χ1n) is 25.7. The summed E-state index contributed by atoms with van der Waals surface area (Å²) >= 11 is 0. The number of anilines is 2. The Hall–Kier alpha value is -7.48. The first kappa shape index (κ1) is 44.7. The van der Waals surface area contributed by atoms with Gasteiger partial charge in [-0.05, 0) is 130 Å². The fourth-order valence-electron chi connectivity index (χ4n) is 12.7. The average Bonchev–Trinajstić information content (AvgIpc) is 3.81. The minimum Gasteiger partial charge on any atom is -0.314 e. The Labute approximate surface area is 421 Å². The molecule has 348 valence electrons. The van der Waals surface area contributed by atoms with Crippen molar-refractivity contribution < 1.29 is 0 Å². The molecule has 3 aliphatic rings. The van der Waals surface area contributed by atoms with Crippen molar-refractivity contribution in [3.05, 3.63) is 269 Å². The van der Waals surface area contributed by atoms with Crippen LogP contribution in [-0.2, 0) is 21.7 Å². The lowest BCUT2D eigenvalue weighted by Crippen LogP contribution is -2.36. The van der Waals surface area contributed by atoms with E-state index in [0.717, 1.165) is 6.42 Å². The van der Waals surface area contributed by atoms with E-state index in [-0.39, 0.29) is 22.2 Å². The second-order valence-electron chi connectivity index (χ2n) is 22.9. The topological polar surface area (TPSA) is 3.24 Å². The number of allylic oxidation sites excluding steroid dienone is 4. The number of hydrogen-bond acceptors (Lipinski definition) is 1. The number of rotatable bonds is 7. The summed E-state index contributed by atoms with van der Waals surface area (Å²) in [6.07, 6.45) is 5.73. The van der Waals surface area contributed by atoms with Crippen LogP contribution < -0.4 is 4.90 Å². The molecule has 0 bridgehead atoms. The Morgan fingerprint density at radius 2 is 0.972 bits per heavy atom. The highest BCUT2D eigenvalue weighted by atomic mass is 15.2. The summed E-state index contributed by atoms with van der Waals surface area (Å²) in [5.74, 6) is 0.130. The lowest BCUT2D eigenvalue weighted by Gasteiger charge is -2.41. The van der Waals surface area contributed by atoms with E-state index in [1.165, 1.54) is 111 Å². The molecule has 0 saturated heterocycles. The molecule has 9 aromatic rings. The van der Waals surface area contributed by atoms with E-state index in [0.29, 0.717) is 0 Å². The van der Waals surface area contributed by atoms with Gasteiger partial charge in [0.1, 0.15) is 0 Å². The largest absolute Gasteiger partial charge is 0.314 e. The zero-order chi connectivity index (χ0) is 48.9. The number of benzene rings is 9. The molecule has 71 heavy (non-hydrogen) atoms. The predicted octanol–water partition coefficient (Wildman–Crippen LogP) is 18.5. The lowest BCUT2D eigenvalue weighted by molar-refractivity contribution is 0.473. The van der Waals surface area contributed by atoms with Crippen molar-refractivity contribution in [2.24, 2.45) is 5.92 Å². The summed E-state index contributed by atoms with van der Waals surface area (Å²) < 4.78 is 0. The van der Waals surface area contributed by atoms with Crippen LogP contribution in [0.15, 0.2) is 224 Å². The molecule has 0 saturated carbocycles. The molecule has 1 atom stereocenters. The smallest absolute Gasteiger partial charge is 0.0537 e. The third kappa shape index (κ3) is 7.11. The van der Waals surface area contributed by atoms with Gasteiger partial charge in [-0.1, -0.05) is 250 Å². The number of hydrogen-bond donors (Lipinski definition) is 0. The highest BCUT2D eigenvalue weighted by Crippen LogP contribution is 2.61. The molecule has 1 unspecified atom stereocenters. The molecular formula is C70H63N. The molecule has 0 amide bonds. The van der Waals surface area contributed by atoms with E-state index in [1.54, 1.807) is 0 Å². The molecule has 0 fully saturated rings. The monoisotopic (exact) mass is 917 g/mol. The van der Waals surface area contributed by atoms with E-state index in [4.69, 9.17) is 0 Å². The first-order chi connectivity index (χ1) is 34.2. The summed E-state index contributed by atoms with van der Waals surface area (Å²) in [5, 5.41) is 2.51. The van der Waals surface area contributed by atoms with Crippen LogP contribution >= 0.6 is 0 Å². The van der Waals surface area contributed by atoms with Gasteiger partial charge in [0, 0.05) is 28.3 Å². The second kappa shape index (κ2) is 16.6. The van der Waals surface area contributed by atoms with Crippen LogP contribution in [0.3, 0.4) is 0 Å². The minimum absolute atomic E-state index is 0.0103. The van der Waals surface area contributed by atoms with E-state index in [2.05, 4.69) is 279 Å². The molecule has 0 radical (unpaired) electrons. The Kier molecular flexibility index (Phi) is 10.4. The maximum atomic E-state index is 2.63. The van der Waals surface area contributed by atoms with Crippen molar-refractivity contribution in [1.29, 1.82) is 0 Å². The van der Waals surface area contributed by atoms with Gasteiger partial charge in [-0.25, -0.2) is 0 Å². The van der Waals surface area contributed by atoms with Crippen molar-refractivity contribution in [3.8, 4) is 33.4 Å². The number of para-hydroxylation sites is 1. The molecular weight excluding hydrogens is 855 g/mol. The quantitative estimate of drug-likeness (QED) is 0.154. The highest BCUT2D eigenvalue weighted by molar-refractivity contribution is 6.09. The molecule has 3 aliphatic carbocycles. The van der Waals surface area contributed by atoms with E-state index in [9.17, 15) is 0 Å². The summed E-state index contributed by atoms with van der Waals surface area (Å²) in [4.78, 5) is 2.63. The molecule has 1 heteroatoms. The van der Waals surface area contributed by atoms with Crippen LogP contribution in [-0.4, -0.2) is 0 Å². The van der Waals surface area contributed by atoms with Crippen LogP contribution in [0.2, 0.25) is 0 Å². The van der Waals surface area contributed by atoms with Crippen LogP contribution in [0, 0.1) is 5.92 Å². The summed E-state index contributed by atoms with van der Waals surface area (Å²) in [5.41, 5.74) is 22.9. The van der Waals surface area contributed by atoms with Gasteiger partial charge < -0.3 is 4.90 Å². The van der Waals surface area contributed by atoms with Gasteiger partial charge in [-0.15, -0.1) is 0 Å². The summed E-state index contributed by atoms with van der Waals surface area (Å²) in [6.45, 7) is 18.8. The molecule has 0 heterocycles. The molecule has 9 aromatic carbocycles. The van der Waals surface area contributed by atoms with Gasteiger partial charge in [0.05, 0.1) is 11.1 Å². The molecule has 0 aromatic heterocycles. The SMILES string of the molecule is CC(C)(C)c1cc(-c2cccc3cccc(-c4ccccc4N(C4=CC=C5c6ccccc6C(c6ccccc6)(c6ccccc6)C5C4)c4ccc5c(c4)C(C)(C)c4ccccc4-5)c23)cc(C(C)(C)C)c1. The van der Waals surface area contributed by atoms with E-state index < -0.39 is 5.41 Å².